The highest BCUT2D eigenvalue weighted by Crippen LogP contribution is 2.34. The predicted molar refractivity (Wildman–Crippen MR) is 82.2 cm³/mol. The molecular formula is C17H26N2O. The molecule has 2 aliphatic heterocycles. The second kappa shape index (κ2) is 5.74. The van der Waals surface area contributed by atoms with E-state index in [-0.39, 0.29) is 0 Å². The quantitative estimate of drug-likeness (QED) is 0.910. The molecular weight excluding hydrogens is 248 g/mol. The summed E-state index contributed by atoms with van der Waals surface area (Å²) in [7, 11) is 1.76. The van der Waals surface area contributed by atoms with Crippen molar-refractivity contribution in [2.24, 2.45) is 11.8 Å². The summed E-state index contributed by atoms with van der Waals surface area (Å²) in [5.74, 6) is 2.72. The third kappa shape index (κ3) is 2.45. The molecule has 2 fully saturated rings. The molecule has 2 saturated heterocycles. The molecule has 0 saturated carbocycles. The molecule has 4 unspecified atom stereocenters. The molecule has 2 heterocycles. The van der Waals surface area contributed by atoms with Crippen LogP contribution in [0.25, 0.3) is 0 Å². The van der Waals surface area contributed by atoms with Gasteiger partial charge in [-0.1, -0.05) is 18.2 Å². The summed E-state index contributed by atoms with van der Waals surface area (Å²) >= 11 is 0. The maximum absolute atomic E-state index is 5.48. The monoisotopic (exact) mass is 274 g/mol. The molecule has 2 aliphatic rings. The average Bonchev–Trinajstić information content (AvgIpc) is 3.03. The number of rotatable bonds is 4. The first-order chi connectivity index (χ1) is 9.70. The lowest BCUT2D eigenvalue weighted by molar-refractivity contribution is 0.179. The Balaban J connectivity index is 1.69. The van der Waals surface area contributed by atoms with E-state index in [1.165, 1.54) is 25.2 Å². The van der Waals surface area contributed by atoms with Gasteiger partial charge in [-0.2, -0.15) is 0 Å². The highest BCUT2D eigenvalue weighted by atomic mass is 16.5. The van der Waals surface area contributed by atoms with Crippen LogP contribution >= 0.6 is 0 Å². The van der Waals surface area contributed by atoms with E-state index in [2.05, 4.69) is 42.3 Å². The molecule has 3 heteroatoms. The maximum atomic E-state index is 5.48. The van der Waals surface area contributed by atoms with Crippen molar-refractivity contribution in [3.63, 3.8) is 0 Å². The number of hydrogen-bond acceptors (Lipinski definition) is 3. The third-order valence-corrected chi connectivity index (χ3v) is 5.25. The first kappa shape index (κ1) is 13.9. The lowest BCUT2D eigenvalue weighted by atomic mass is 9.95. The van der Waals surface area contributed by atoms with Gasteiger partial charge in [-0.05, 0) is 56.8 Å². The van der Waals surface area contributed by atoms with Crippen molar-refractivity contribution in [2.45, 2.75) is 32.4 Å². The Hall–Kier alpha value is -1.06. The molecule has 1 aromatic carbocycles. The van der Waals surface area contributed by atoms with E-state index in [9.17, 15) is 0 Å². The first-order valence-electron chi connectivity index (χ1n) is 7.79. The van der Waals surface area contributed by atoms with Gasteiger partial charge in [0.15, 0.2) is 0 Å². The maximum Gasteiger partial charge on any atom is 0.122 e. The van der Waals surface area contributed by atoms with E-state index in [4.69, 9.17) is 4.74 Å². The van der Waals surface area contributed by atoms with Crippen LogP contribution in [0.3, 0.4) is 0 Å². The minimum atomic E-state index is 0.576. The van der Waals surface area contributed by atoms with Gasteiger partial charge in [0.2, 0.25) is 0 Å². The molecule has 3 nitrogen and oxygen atoms in total. The summed E-state index contributed by atoms with van der Waals surface area (Å²) in [6, 6.07) is 9.68. The van der Waals surface area contributed by atoms with Gasteiger partial charge in [0.1, 0.15) is 5.75 Å². The van der Waals surface area contributed by atoms with Crippen molar-refractivity contribution in [1.29, 1.82) is 0 Å². The zero-order chi connectivity index (χ0) is 14.1. The van der Waals surface area contributed by atoms with Crippen LogP contribution in [0.5, 0.6) is 5.75 Å². The van der Waals surface area contributed by atoms with Crippen LogP contribution in [-0.2, 0) is 6.42 Å². The lowest BCUT2D eigenvalue weighted by Crippen LogP contribution is -2.40. The fourth-order valence-corrected chi connectivity index (χ4v) is 4.09. The molecule has 0 bridgehead atoms. The number of para-hydroxylation sites is 1. The fourth-order valence-electron chi connectivity index (χ4n) is 4.09. The molecule has 3 rings (SSSR count). The molecule has 0 spiro atoms. The molecule has 4 atom stereocenters. The third-order valence-electron chi connectivity index (χ3n) is 5.25. The normalized spacial score (nSPS) is 31.2. The highest BCUT2D eigenvalue weighted by molar-refractivity contribution is 5.33. The van der Waals surface area contributed by atoms with E-state index < -0.39 is 0 Å². The van der Waals surface area contributed by atoms with Crippen LogP contribution in [0.4, 0.5) is 0 Å². The van der Waals surface area contributed by atoms with Crippen LogP contribution in [0, 0.1) is 11.8 Å². The number of nitrogens with one attached hydrogen (secondary N) is 1. The smallest absolute Gasteiger partial charge is 0.122 e. The molecule has 0 aliphatic carbocycles. The van der Waals surface area contributed by atoms with Crippen molar-refractivity contribution in [3.8, 4) is 5.75 Å². The van der Waals surface area contributed by atoms with Gasteiger partial charge >= 0.3 is 0 Å². The summed E-state index contributed by atoms with van der Waals surface area (Å²) < 4.78 is 5.48. The lowest BCUT2D eigenvalue weighted by Gasteiger charge is -2.31. The van der Waals surface area contributed by atoms with Gasteiger partial charge in [-0.3, -0.25) is 4.90 Å². The van der Waals surface area contributed by atoms with E-state index in [1.807, 2.05) is 6.07 Å². The van der Waals surface area contributed by atoms with Crippen LogP contribution in [0.15, 0.2) is 24.3 Å². The molecule has 0 amide bonds. The van der Waals surface area contributed by atoms with E-state index in [1.54, 1.807) is 7.11 Å². The van der Waals surface area contributed by atoms with Crippen molar-refractivity contribution in [3.05, 3.63) is 29.8 Å². The Morgan fingerprint density at radius 1 is 1.35 bits per heavy atom. The number of likely N-dealkylation sites (tertiary alicyclic amines) is 1. The average molecular weight is 274 g/mol. The zero-order valence-electron chi connectivity index (χ0n) is 12.8. The zero-order valence-corrected chi connectivity index (χ0v) is 12.8. The number of methoxy groups -OCH3 is 1. The molecule has 110 valence electrons. The second-order valence-electron chi connectivity index (χ2n) is 6.38. The van der Waals surface area contributed by atoms with Crippen LogP contribution in [-0.4, -0.2) is 43.7 Å². The van der Waals surface area contributed by atoms with E-state index >= 15 is 0 Å². The van der Waals surface area contributed by atoms with Crippen LogP contribution in [0.2, 0.25) is 0 Å². The predicted octanol–water partition coefficient (Wildman–Crippen LogP) is 2.17. The summed E-state index contributed by atoms with van der Waals surface area (Å²) in [6.45, 7) is 8.40. The Kier molecular flexibility index (Phi) is 3.99. The SMILES string of the molecule is COc1ccccc1CC(C)N1CC2CNCC2C1C. The number of ether oxygens (including phenoxy) is 1. The van der Waals surface area contributed by atoms with Gasteiger partial charge in [0.25, 0.3) is 0 Å². The summed E-state index contributed by atoms with van der Waals surface area (Å²) in [5, 5.41) is 3.54. The minimum Gasteiger partial charge on any atom is -0.496 e. The fraction of sp³-hybridized carbons (Fsp3) is 0.647. The number of benzene rings is 1. The summed E-state index contributed by atoms with van der Waals surface area (Å²) in [6.07, 6.45) is 1.07. The van der Waals surface area contributed by atoms with Crippen molar-refractivity contribution >= 4 is 0 Å². The van der Waals surface area contributed by atoms with Crippen LogP contribution in [0.1, 0.15) is 19.4 Å². The van der Waals surface area contributed by atoms with Crippen LogP contribution < -0.4 is 10.1 Å². The van der Waals surface area contributed by atoms with Crippen molar-refractivity contribution in [2.75, 3.05) is 26.7 Å². The molecule has 1 N–H and O–H groups in total. The van der Waals surface area contributed by atoms with Gasteiger partial charge in [0, 0.05) is 18.6 Å². The molecule has 0 radical (unpaired) electrons. The minimum absolute atomic E-state index is 0.576. The summed E-state index contributed by atoms with van der Waals surface area (Å²) in [4.78, 5) is 2.70. The summed E-state index contributed by atoms with van der Waals surface area (Å²) in [5.41, 5.74) is 1.32. The van der Waals surface area contributed by atoms with E-state index in [0.717, 1.165) is 24.0 Å². The molecule has 0 aromatic heterocycles. The Bertz CT molecular complexity index is 462. The Morgan fingerprint density at radius 3 is 2.90 bits per heavy atom. The Morgan fingerprint density at radius 2 is 2.15 bits per heavy atom. The number of hydrogen-bond donors (Lipinski definition) is 1. The Labute approximate surface area is 122 Å². The van der Waals surface area contributed by atoms with Gasteiger partial charge in [0.05, 0.1) is 7.11 Å². The number of nitrogens with zero attached hydrogens (tertiary/aromatic N) is 1. The largest absolute Gasteiger partial charge is 0.496 e. The first-order valence-corrected chi connectivity index (χ1v) is 7.79. The van der Waals surface area contributed by atoms with Gasteiger partial charge in [-0.15, -0.1) is 0 Å². The second-order valence-corrected chi connectivity index (χ2v) is 6.38. The molecule has 1 aromatic rings. The van der Waals surface area contributed by atoms with Gasteiger partial charge < -0.3 is 10.1 Å². The highest BCUT2D eigenvalue weighted by Gasteiger charge is 2.43. The van der Waals surface area contributed by atoms with Crippen molar-refractivity contribution < 1.29 is 4.74 Å². The number of fused-ring (bicyclic) bond motifs is 1. The standard InChI is InChI=1S/C17H26N2O/c1-12(8-14-6-4-5-7-17(14)20-3)19-11-15-9-18-10-16(15)13(19)2/h4-7,12-13,15-16,18H,8-11H2,1-3H3. The van der Waals surface area contributed by atoms with Gasteiger partial charge in [-0.25, -0.2) is 0 Å². The van der Waals surface area contributed by atoms with Crippen molar-refractivity contribution in [1.82, 2.24) is 10.2 Å². The van der Waals surface area contributed by atoms with E-state index in [0.29, 0.717) is 12.1 Å². The molecule has 20 heavy (non-hydrogen) atoms. The topological polar surface area (TPSA) is 24.5 Å².